The van der Waals surface area contributed by atoms with Gasteiger partial charge in [0.2, 0.25) is 11.8 Å². The van der Waals surface area contributed by atoms with Crippen molar-refractivity contribution < 1.29 is 24.3 Å². The Kier molecular flexibility index (Phi) is 9.88. The van der Waals surface area contributed by atoms with E-state index < -0.39 is 12.0 Å². The number of hydrogen-bond acceptors (Lipinski definition) is 5. The second-order valence-electron chi connectivity index (χ2n) is 9.29. The van der Waals surface area contributed by atoms with Crippen LogP contribution in [0.15, 0.2) is 30.3 Å². The summed E-state index contributed by atoms with van der Waals surface area (Å²) < 4.78 is 0. The van der Waals surface area contributed by atoms with Gasteiger partial charge in [-0.15, -0.1) is 0 Å². The molecule has 9 nitrogen and oxygen atoms in total. The zero-order valence-corrected chi connectivity index (χ0v) is 19.6. The number of carbonyl (C=O) groups excluding carboxylic acids is 3. The maximum Gasteiger partial charge on any atom is 0.305 e. The fraction of sp³-hybridized carbons (Fsp3) is 0.600. The zero-order chi connectivity index (χ0) is 24.3. The van der Waals surface area contributed by atoms with E-state index >= 15 is 0 Å². The first-order valence-electron chi connectivity index (χ1n) is 12.3. The third kappa shape index (κ3) is 8.13. The van der Waals surface area contributed by atoms with Gasteiger partial charge < -0.3 is 26.0 Å². The predicted octanol–water partition coefficient (Wildman–Crippen LogP) is 1.39. The lowest BCUT2D eigenvalue weighted by atomic mass is 9.92. The third-order valence-corrected chi connectivity index (χ3v) is 6.68. The standard InChI is InChI=1S/C25H36N4O5/c30-22(9-8-18-10-12-26-13-11-18)29-14-4-7-20(17-29)25(34)28-21(15-23(31)32)16-27-24(33)19-5-2-1-3-6-19/h1-3,5-6,18,20-21,26H,4,7-17H2,(H,27,33)(H,28,34)(H,31,32)/t20-,21?/m1/s1. The van der Waals surface area contributed by atoms with Crippen molar-refractivity contribution in [2.45, 2.75) is 51.0 Å². The van der Waals surface area contributed by atoms with Crippen LogP contribution < -0.4 is 16.0 Å². The fourth-order valence-electron chi connectivity index (χ4n) is 4.69. The van der Waals surface area contributed by atoms with Gasteiger partial charge in [-0.05, 0) is 63.2 Å². The molecule has 3 amide bonds. The van der Waals surface area contributed by atoms with Crippen LogP contribution in [0.3, 0.4) is 0 Å². The molecule has 2 heterocycles. The first-order chi connectivity index (χ1) is 16.4. The number of carboxylic acid groups (broad SMARTS) is 1. The van der Waals surface area contributed by atoms with Crippen LogP contribution >= 0.6 is 0 Å². The van der Waals surface area contributed by atoms with E-state index in [1.54, 1.807) is 35.2 Å². The molecule has 0 aromatic heterocycles. The summed E-state index contributed by atoms with van der Waals surface area (Å²) in [7, 11) is 0. The van der Waals surface area contributed by atoms with E-state index in [2.05, 4.69) is 16.0 Å². The summed E-state index contributed by atoms with van der Waals surface area (Å²) in [6.07, 6.45) is 4.69. The summed E-state index contributed by atoms with van der Waals surface area (Å²) in [6.45, 7) is 3.03. The summed E-state index contributed by atoms with van der Waals surface area (Å²) >= 11 is 0. The molecule has 1 aromatic rings. The molecule has 2 saturated heterocycles. The molecular weight excluding hydrogens is 436 g/mol. The highest BCUT2D eigenvalue weighted by atomic mass is 16.4. The Bertz CT molecular complexity index is 841. The quantitative estimate of drug-likeness (QED) is 0.408. The summed E-state index contributed by atoms with van der Waals surface area (Å²) in [5.41, 5.74) is 0.467. The van der Waals surface area contributed by atoms with Gasteiger partial charge >= 0.3 is 5.97 Å². The lowest BCUT2D eigenvalue weighted by Gasteiger charge is -2.33. The lowest BCUT2D eigenvalue weighted by Crippen LogP contribution is -2.50. The van der Waals surface area contributed by atoms with Crippen LogP contribution in [0.5, 0.6) is 0 Å². The predicted molar refractivity (Wildman–Crippen MR) is 127 cm³/mol. The molecule has 0 aliphatic carbocycles. The summed E-state index contributed by atoms with van der Waals surface area (Å²) in [5.74, 6) is -1.36. The number of benzene rings is 1. The first kappa shape index (κ1) is 25.7. The van der Waals surface area contributed by atoms with Gasteiger partial charge in [0.15, 0.2) is 0 Å². The monoisotopic (exact) mass is 472 g/mol. The Morgan fingerprint density at radius 2 is 1.82 bits per heavy atom. The van der Waals surface area contributed by atoms with Crippen molar-refractivity contribution in [2.24, 2.45) is 11.8 Å². The van der Waals surface area contributed by atoms with Crippen LogP contribution in [0, 0.1) is 11.8 Å². The molecule has 4 N–H and O–H groups in total. The van der Waals surface area contributed by atoms with Gasteiger partial charge in [-0.3, -0.25) is 19.2 Å². The van der Waals surface area contributed by atoms with Gasteiger partial charge in [-0.2, -0.15) is 0 Å². The van der Waals surface area contributed by atoms with Crippen LogP contribution in [-0.4, -0.2) is 72.5 Å². The summed E-state index contributed by atoms with van der Waals surface area (Å²) in [5, 5.41) is 18.1. The van der Waals surface area contributed by atoms with E-state index in [4.69, 9.17) is 0 Å². The number of nitrogens with zero attached hydrogens (tertiary/aromatic N) is 1. The number of nitrogens with one attached hydrogen (secondary N) is 3. The molecule has 1 unspecified atom stereocenters. The Labute approximate surface area is 200 Å². The molecule has 2 atom stereocenters. The molecule has 9 heteroatoms. The molecule has 2 fully saturated rings. The average Bonchev–Trinajstić information content (AvgIpc) is 2.86. The van der Waals surface area contributed by atoms with Gasteiger partial charge in [0, 0.05) is 31.6 Å². The van der Waals surface area contributed by atoms with E-state index in [1.165, 1.54) is 0 Å². The Balaban J connectivity index is 1.48. The molecule has 34 heavy (non-hydrogen) atoms. The molecule has 3 rings (SSSR count). The smallest absolute Gasteiger partial charge is 0.305 e. The van der Waals surface area contributed by atoms with E-state index in [9.17, 15) is 24.3 Å². The minimum Gasteiger partial charge on any atom is -0.481 e. The van der Waals surface area contributed by atoms with Gasteiger partial charge in [0.1, 0.15) is 0 Å². The topological polar surface area (TPSA) is 128 Å². The largest absolute Gasteiger partial charge is 0.481 e. The number of amides is 3. The first-order valence-corrected chi connectivity index (χ1v) is 12.3. The Hall–Kier alpha value is -2.94. The molecule has 0 spiro atoms. The molecule has 0 bridgehead atoms. The van der Waals surface area contributed by atoms with Gasteiger partial charge in [-0.25, -0.2) is 0 Å². The lowest BCUT2D eigenvalue weighted by molar-refractivity contribution is -0.138. The minimum absolute atomic E-state index is 0.0113. The van der Waals surface area contributed by atoms with Crippen molar-refractivity contribution in [2.75, 3.05) is 32.7 Å². The van der Waals surface area contributed by atoms with Crippen molar-refractivity contribution in [3.63, 3.8) is 0 Å². The summed E-state index contributed by atoms with van der Waals surface area (Å²) in [4.78, 5) is 51.0. The Morgan fingerprint density at radius 1 is 1.09 bits per heavy atom. The molecule has 1 aromatic carbocycles. The van der Waals surface area contributed by atoms with Crippen LogP contribution in [0.2, 0.25) is 0 Å². The number of rotatable bonds is 10. The van der Waals surface area contributed by atoms with Crippen molar-refractivity contribution >= 4 is 23.7 Å². The molecule has 186 valence electrons. The van der Waals surface area contributed by atoms with Gasteiger partial charge in [-0.1, -0.05) is 18.2 Å². The number of aliphatic carboxylic acids is 1. The molecule has 2 aliphatic rings. The number of piperidine rings is 2. The second kappa shape index (κ2) is 13.1. The minimum atomic E-state index is -1.06. The van der Waals surface area contributed by atoms with E-state index in [0.717, 1.165) is 38.8 Å². The van der Waals surface area contributed by atoms with Crippen molar-refractivity contribution in [1.29, 1.82) is 0 Å². The number of likely N-dealkylation sites (tertiary alicyclic amines) is 1. The molecule has 0 radical (unpaired) electrons. The van der Waals surface area contributed by atoms with Gasteiger partial charge in [0.25, 0.3) is 5.91 Å². The van der Waals surface area contributed by atoms with Crippen LogP contribution in [0.4, 0.5) is 0 Å². The maximum atomic E-state index is 12.9. The third-order valence-electron chi connectivity index (χ3n) is 6.68. The second-order valence-corrected chi connectivity index (χ2v) is 9.29. The highest BCUT2D eigenvalue weighted by molar-refractivity contribution is 5.94. The SMILES string of the molecule is O=C(O)CC(CNC(=O)c1ccccc1)NC(=O)[C@@H]1CCCN(C(=O)CCC2CCNCC2)C1. The fourth-order valence-corrected chi connectivity index (χ4v) is 4.69. The Morgan fingerprint density at radius 3 is 2.53 bits per heavy atom. The highest BCUT2D eigenvalue weighted by Gasteiger charge is 2.30. The molecular formula is C25H36N4O5. The molecule has 0 saturated carbocycles. The number of hydrogen-bond donors (Lipinski definition) is 4. The van der Waals surface area contributed by atoms with Crippen LogP contribution in [0.1, 0.15) is 55.3 Å². The average molecular weight is 473 g/mol. The van der Waals surface area contributed by atoms with Gasteiger partial charge in [0.05, 0.1) is 18.4 Å². The maximum absolute atomic E-state index is 12.9. The van der Waals surface area contributed by atoms with Crippen molar-refractivity contribution in [3.8, 4) is 0 Å². The highest BCUT2D eigenvalue weighted by Crippen LogP contribution is 2.21. The summed E-state index contributed by atoms with van der Waals surface area (Å²) in [6, 6.07) is 7.89. The normalized spacial score (nSPS) is 19.8. The molecule has 2 aliphatic heterocycles. The van der Waals surface area contributed by atoms with Crippen molar-refractivity contribution in [3.05, 3.63) is 35.9 Å². The number of carboxylic acids is 1. The number of carbonyl (C=O) groups is 4. The zero-order valence-electron chi connectivity index (χ0n) is 19.6. The van der Waals surface area contributed by atoms with E-state index in [-0.39, 0.29) is 36.6 Å². The van der Waals surface area contributed by atoms with Crippen LogP contribution in [0.25, 0.3) is 0 Å². The van der Waals surface area contributed by atoms with E-state index in [1.807, 2.05) is 0 Å². The van der Waals surface area contributed by atoms with Crippen molar-refractivity contribution in [1.82, 2.24) is 20.9 Å². The van der Waals surface area contributed by atoms with Crippen LogP contribution in [-0.2, 0) is 14.4 Å². The van der Waals surface area contributed by atoms with E-state index in [0.29, 0.717) is 37.4 Å².